The Morgan fingerprint density at radius 1 is 1.33 bits per heavy atom. The lowest BCUT2D eigenvalue weighted by Crippen LogP contribution is -2.15. The first-order valence-corrected chi connectivity index (χ1v) is 5.91. The third kappa shape index (κ3) is 2.83. The number of hydrogen-bond donors (Lipinski definition) is 1. The van der Waals surface area contributed by atoms with Crippen LogP contribution >= 0.6 is 0 Å². The summed E-state index contributed by atoms with van der Waals surface area (Å²) in [4.78, 5) is 22.7. The lowest BCUT2D eigenvalue weighted by molar-refractivity contribution is -0.146. The van der Waals surface area contributed by atoms with E-state index in [1.54, 1.807) is 19.9 Å². The van der Waals surface area contributed by atoms with Crippen molar-refractivity contribution in [2.24, 2.45) is 17.3 Å². The number of aliphatic carboxylic acids is 1. The molecular formula is C13H20O5. The Labute approximate surface area is 107 Å². The fraction of sp³-hybridized carbons (Fsp3) is 0.692. The second-order valence-corrected chi connectivity index (χ2v) is 5.35. The molecule has 5 nitrogen and oxygen atoms in total. The number of ether oxygens (including phenoxy) is 2. The largest absolute Gasteiger partial charge is 0.490 e. The molecule has 1 aliphatic carbocycles. The number of hydrogen-bond acceptors (Lipinski definition) is 4. The summed E-state index contributed by atoms with van der Waals surface area (Å²) in [6, 6.07) is 0. The van der Waals surface area contributed by atoms with Gasteiger partial charge in [-0.25, -0.2) is 4.79 Å². The Kier molecular flexibility index (Phi) is 4.04. The highest BCUT2D eigenvalue weighted by atomic mass is 16.6. The van der Waals surface area contributed by atoms with Gasteiger partial charge in [-0.1, -0.05) is 13.8 Å². The van der Waals surface area contributed by atoms with Gasteiger partial charge in [-0.3, -0.25) is 4.79 Å². The molecule has 102 valence electrons. The summed E-state index contributed by atoms with van der Waals surface area (Å²) in [5.74, 6) is -2.02. The predicted octanol–water partition coefficient (Wildman–Crippen LogP) is 1.83. The molecule has 0 heterocycles. The van der Waals surface area contributed by atoms with Crippen LogP contribution in [0, 0.1) is 17.3 Å². The van der Waals surface area contributed by atoms with Gasteiger partial charge in [0.15, 0.2) is 0 Å². The second kappa shape index (κ2) is 5.00. The van der Waals surface area contributed by atoms with Gasteiger partial charge in [0.2, 0.25) is 5.76 Å². The van der Waals surface area contributed by atoms with E-state index in [0.717, 1.165) is 0 Å². The summed E-state index contributed by atoms with van der Waals surface area (Å²) in [6.45, 7) is 7.20. The van der Waals surface area contributed by atoms with Crippen LogP contribution in [0.1, 0.15) is 27.7 Å². The lowest BCUT2D eigenvalue weighted by atomic mass is 10.1. The van der Waals surface area contributed by atoms with Crippen molar-refractivity contribution in [3.8, 4) is 0 Å². The van der Waals surface area contributed by atoms with Crippen molar-refractivity contribution >= 4 is 11.9 Å². The van der Waals surface area contributed by atoms with Gasteiger partial charge >= 0.3 is 11.9 Å². The van der Waals surface area contributed by atoms with Crippen LogP contribution < -0.4 is 0 Å². The third-order valence-electron chi connectivity index (χ3n) is 3.27. The van der Waals surface area contributed by atoms with Crippen molar-refractivity contribution in [3.63, 3.8) is 0 Å². The zero-order valence-corrected chi connectivity index (χ0v) is 11.4. The molecule has 1 aliphatic rings. The van der Waals surface area contributed by atoms with Crippen molar-refractivity contribution in [3.05, 3.63) is 11.8 Å². The van der Waals surface area contributed by atoms with Crippen LogP contribution in [0.15, 0.2) is 11.8 Å². The first-order valence-electron chi connectivity index (χ1n) is 5.91. The minimum Gasteiger partial charge on any atom is -0.490 e. The van der Waals surface area contributed by atoms with E-state index in [1.165, 1.54) is 7.11 Å². The predicted molar refractivity (Wildman–Crippen MR) is 64.7 cm³/mol. The summed E-state index contributed by atoms with van der Waals surface area (Å²) in [5.41, 5.74) is -0.353. The summed E-state index contributed by atoms with van der Waals surface area (Å²) in [7, 11) is 1.37. The Bertz CT molecular complexity index is 381. The fourth-order valence-electron chi connectivity index (χ4n) is 2.12. The molecule has 2 atom stereocenters. The van der Waals surface area contributed by atoms with Crippen molar-refractivity contribution in [2.45, 2.75) is 33.8 Å². The van der Waals surface area contributed by atoms with Gasteiger partial charge in [-0.05, 0) is 25.3 Å². The Balaban J connectivity index is 2.81. The Morgan fingerprint density at radius 3 is 2.22 bits per heavy atom. The maximum absolute atomic E-state index is 11.7. The summed E-state index contributed by atoms with van der Waals surface area (Å²) in [6.07, 6.45) is 1.32. The van der Waals surface area contributed by atoms with Gasteiger partial charge in [0.1, 0.15) is 0 Å². The van der Waals surface area contributed by atoms with E-state index in [2.05, 4.69) is 0 Å². The zero-order valence-electron chi connectivity index (χ0n) is 11.4. The highest BCUT2D eigenvalue weighted by Gasteiger charge is 2.61. The van der Waals surface area contributed by atoms with E-state index in [-0.39, 0.29) is 23.2 Å². The third-order valence-corrected chi connectivity index (χ3v) is 3.27. The average Bonchev–Trinajstić information content (AvgIpc) is 2.75. The number of carboxylic acid groups (broad SMARTS) is 1. The normalized spacial score (nSPS) is 25.8. The van der Waals surface area contributed by atoms with Crippen LogP contribution in [0.3, 0.4) is 0 Å². The van der Waals surface area contributed by atoms with E-state index in [4.69, 9.17) is 14.6 Å². The topological polar surface area (TPSA) is 72.8 Å². The van der Waals surface area contributed by atoms with E-state index in [0.29, 0.717) is 0 Å². The van der Waals surface area contributed by atoms with Crippen LogP contribution in [0.5, 0.6) is 0 Å². The first-order chi connectivity index (χ1) is 8.21. The van der Waals surface area contributed by atoms with Gasteiger partial charge < -0.3 is 14.6 Å². The van der Waals surface area contributed by atoms with E-state index in [9.17, 15) is 9.59 Å². The number of esters is 1. The standard InChI is InChI=1S/C13H20O5/c1-7(2)18-12(16)9(17-5)6-8-10(11(14)15)13(8,3)4/h6-8,10H,1-5H3,(H,14,15)/t8-,10+/m1/s1. The summed E-state index contributed by atoms with van der Waals surface area (Å²) in [5, 5.41) is 9.04. The van der Waals surface area contributed by atoms with Gasteiger partial charge in [0, 0.05) is 5.92 Å². The van der Waals surface area contributed by atoms with Gasteiger partial charge in [0.25, 0.3) is 0 Å². The van der Waals surface area contributed by atoms with Crippen LogP contribution in [0.2, 0.25) is 0 Å². The fourth-order valence-corrected chi connectivity index (χ4v) is 2.12. The first kappa shape index (κ1) is 14.5. The maximum atomic E-state index is 11.7. The minimum atomic E-state index is -0.853. The Morgan fingerprint density at radius 2 is 1.89 bits per heavy atom. The molecule has 0 radical (unpaired) electrons. The van der Waals surface area contributed by atoms with Gasteiger partial charge in [-0.2, -0.15) is 0 Å². The van der Waals surface area contributed by atoms with Gasteiger partial charge in [-0.15, -0.1) is 0 Å². The highest BCUT2D eigenvalue weighted by molar-refractivity contribution is 5.87. The number of methoxy groups -OCH3 is 1. The highest BCUT2D eigenvalue weighted by Crippen LogP contribution is 2.59. The quantitative estimate of drug-likeness (QED) is 0.461. The molecule has 1 rings (SSSR count). The molecule has 1 saturated carbocycles. The van der Waals surface area contributed by atoms with E-state index in [1.807, 2.05) is 13.8 Å². The van der Waals surface area contributed by atoms with Crippen molar-refractivity contribution in [1.29, 1.82) is 0 Å². The van der Waals surface area contributed by atoms with Crippen LogP contribution in [-0.2, 0) is 19.1 Å². The SMILES string of the molecule is COC(=C[C@@H]1[C@@H](C(=O)O)C1(C)C)C(=O)OC(C)C. The smallest absolute Gasteiger partial charge is 0.373 e. The molecule has 0 aromatic carbocycles. The number of carbonyl (C=O) groups excluding carboxylic acids is 1. The number of carbonyl (C=O) groups is 2. The van der Waals surface area contributed by atoms with Crippen LogP contribution in [-0.4, -0.2) is 30.3 Å². The summed E-state index contributed by atoms with van der Waals surface area (Å²) < 4.78 is 9.99. The van der Waals surface area contributed by atoms with Gasteiger partial charge in [0.05, 0.1) is 19.1 Å². The number of allylic oxidation sites excluding steroid dienone is 1. The molecule has 0 bridgehead atoms. The Hall–Kier alpha value is -1.52. The molecule has 0 aliphatic heterocycles. The van der Waals surface area contributed by atoms with Crippen LogP contribution in [0.4, 0.5) is 0 Å². The molecule has 0 aromatic heterocycles. The number of carboxylic acids is 1. The second-order valence-electron chi connectivity index (χ2n) is 5.35. The zero-order chi connectivity index (χ0) is 14.1. The lowest BCUT2D eigenvalue weighted by Gasteiger charge is -2.10. The molecule has 0 aromatic rings. The molecule has 18 heavy (non-hydrogen) atoms. The number of rotatable bonds is 5. The molecule has 0 spiro atoms. The maximum Gasteiger partial charge on any atom is 0.373 e. The van der Waals surface area contributed by atoms with Crippen LogP contribution in [0.25, 0.3) is 0 Å². The van der Waals surface area contributed by atoms with Crippen molar-refractivity contribution < 1.29 is 24.2 Å². The molecule has 0 saturated heterocycles. The van der Waals surface area contributed by atoms with E-state index < -0.39 is 17.9 Å². The molecule has 0 amide bonds. The average molecular weight is 256 g/mol. The van der Waals surface area contributed by atoms with Crippen molar-refractivity contribution in [2.75, 3.05) is 7.11 Å². The molecule has 0 unspecified atom stereocenters. The minimum absolute atomic E-state index is 0.0746. The van der Waals surface area contributed by atoms with Crippen molar-refractivity contribution in [1.82, 2.24) is 0 Å². The molecule has 5 heteroatoms. The van der Waals surface area contributed by atoms with E-state index >= 15 is 0 Å². The molecular weight excluding hydrogens is 236 g/mol. The molecule has 1 fully saturated rings. The summed E-state index contributed by atoms with van der Waals surface area (Å²) >= 11 is 0. The monoisotopic (exact) mass is 256 g/mol. The molecule has 1 N–H and O–H groups in total.